The molecule has 2 N–H and O–H groups in total. The Kier molecular flexibility index (Phi) is 3.39. The molecule has 13 heavy (non-hydrogen) atoms. The third kappa shape index (κ3) is 2.25. The Hall–Kier alpha value is -0.480. The number of hydrogen-bond donors (Lipinski definition) is 1. The van der Waals surface area contributed by atoms with Gasteiger partial charge in [0.1, 0.15) is 5.82 Å². The molecular weight excluding hydrogens is 230 g/mol. The second-order valence-corrected chi connectivity index (χ2v) is 4.26. The van der Waals surface area contributed by atoms with Crippen molar-refractivity contribution >= 4 is 15.9 Å². The summed E-state index contributed by atoms with van der Waals surface area (Å²) in [6, 6.07) is 0. The first-order valence-corrected chi connectivity index (χ1v) is 5.10. The number of hydrogen-bond acceptors (Lipinski definition) is 3. The summed E-state index contributed by atoms with van der Waals surface area (Å²) in [4.78, 5) is 8.51. The molecule has 72 valence electrons. The average molecular weight is 244 g/mol. The number of nitrogens with two attached hydrogens (primary N) is 1. The summed E-state index contributed by atoms with van der Waals surface area (Å²) in [5, 5.41) is 0. The Balaban J connectivity index is 2.99. The first kappa shape index (κ1) is 10.6. The Morgan fingerprint density at radius 3 is 2.38 bits per heavy atom. The summed E-state index contributed by atoms with van der Waals surface area (Å²) >= 11 is 3.30. The zero-order chi connectivity index (χ0) is 9.90. The number of nitrogens with zero attached hydrogens (tertiary/aromatic N) is 2. The molecule has 0 aliphatic rings. The van der Waals surface area contributed by atoms with Crippen LogP contribution in [0.2, 0.25) is 0 Å². The van der Waals surface area contributed by atoms with Crippen molar-refractivity contribution in [2.45, 2.75) is 25.7 Å². The van der Waals surface area contributed by atoms with E-state index in [2.05, 4.69) is 39.7 Å². The van der Waals surface area contributed by atoms with Gasteiger partial charge in [-0.3, -0.25) is 0 Å². The molecule has 0 saturated heterocycles. The van der Waals surface area contributed by atoms with E-state index in [1.165, 1.54) is 0 Å². The van der Waals surface area contributed by atoms with Crippen molar-refractivity contribution < 1.29 is 0 Å². The van der Waals surface area contributed by atoms with E-state index in [9.17, 15) is 0 Å². The van der Waals surface area contributed by atoms with Gasteiger partial charge in [0, 0.05) is 24.4 Å². The summed E-state index contributed by atoms with van der Waals surface area (Å²) in [5.74, 6) is 0.820. The maximum Gasteiger partial charge on any atom is 0.135 e. The highest BCUT2D eigenvalue weighted by Crippen LogP contribution is 2.22. The third-order valence-corrected chi connectivity index (χ3v) is 2.80. The normalized spacial score (nSPS) is 15.4. The molecule has 1 rings (SSSR count). The molecule has 0 amide bonds. The van der Waals surface area contributed by atoms with Crippen LogP contribution in [-0.2, 0) is 5.41 Å². The van der Waals surface area contributed by atoms with Crippen molar-refractivity contribution in [3.05, 3.63) is 22.7 Å². The average Bonchev–Trinajstić information content (AvgIpc) is 2.18. The first-order chi connectivity index (χ1) is 6.12. The molecule has 0 saturated carbocycles. The second-order valence-electron chi connectivity index (χ2n) is 3.34. The molecule has 1 unspecified atom stereocenters. The summed E-state index contributed by atoms with van der Waals surface area (Å²) in [6.07, 6.45) is 4.46. The minimum absolute atomic E-state index is 0.0965. The predicted octanol–water partition coefficient (Wildman–Crippen LogP) is 1.87. The van der Waals surface area contributed by atoms with Crippen molar-refractivity contribution in [3.8, 4) is 0 Å². The molecule has 3 nitrogen and oxygen atoms in total. The van der Waals surface area contributed by atoms with Crippen molar-refractivity contribution in [1.82, 2.24) is 9.97 Å². The van der Waals surface area contributed by atoms with Gasteiger partial charge in [0.2, 0.25) is 0 Å². The van der Waals surface area contributed by atoms with Gasteiger partial charge in [-0.2, -0.15) is 0 Å². The predicted molar refractivity (Wildman–Crippen MR) is 56.4 cm³/mol. The van der Waals surface area contributed by atoms with Crippen molar-refractivity contribution in [1.29, 1.82) is 0 Å². The summed E-state index contributed by atoms with van der Waals surface area (Å²) in [7, 11) is 0. The number of halogens is 1. The third-order valence-electron chi connectivity index (χ3n) is 2.39. The lowest BCUT2D eigenvalue weighted by molar-refractivity contribution is 0.437. The maximum atomic E-state index is 5.70. The van der Waals surface area contributed by atoms with Gasteiger partial charge in [-0.25, -0.2) is 9.97 Å². The van der Waals surface area contributed by atoms with Gasteiger partial charge >= 0.3 is 0 Å². The molecule has 0 spiro atoms. The van der Waals surface area contributed by atoms with E-state index in [1.807, 2.05) is 0 Å². The molecule has 0 aliphatic carbocycles. The monoisotopic (exact) mass is 243 g/mol. The Morgan fingerprint density at radius 2 is 2.00 bits per heavy atom. The van der Waals surface area contributed by atoms with Gasteiger partial charge in [-0.1, -0.05) is 13.8 Å². The minimum Gasteiger partial charge on any atom is -0.329 e. The highest BCUT2D eigenvalue weighted by molar-refractivity contribution is 9.10. The molecule has 1 atom stereocenters. The Labute approximate surface area is 86.9 Å². The molecule has 1 heterocycles. The van der Waals surface area contributed by atoms with Gasteiger partial charge in [-0.15, -0.1) is 0 Å². The van der Waals surface area contributed by atoms with Crippen LogP contribution in [0, 0.1) is 0 Å². The van der Waals surface area contributed by atoms with Gasteiger partial charge in [0.15, 0.2) is 0 Å². The highest BCUT2D eigenvalue weighted by Gasteiger charge is 2.25. The maximum absolute atomic E-state index is 5.70. The van der Waals surface area contributed by atoms with Gasteiger partial charge < -0.3 is 5.73 Å². The molecular formula is C9H14BrN3. The van der Waals surface area contributed by atoms with E-state index in [1.54, 1.807) is 12.4 Å². The summed E-state index contributed by atoms with van der Waals surface area (Å²) < 4.78 is 0.895. The van der Waals surface area contributed by atoms with Crippen LogP contribution >= 0.6 is 15.9 Å². The van der Waals surface area contributed by atoms with Crippen LogP contribution < -0.4 is 5.73 Å². The molecule has 0 aromatic carbocycles. The highest BCUT2D eigenvalue weighted by atomic mass is 79.9. The lowest BCUT2D eigenvalue weighted by Crippen LogP contribution is -2.33. The van der Waals surface area contributed by atoms with Crippen molar-refractivity contribution in [2.24, 2.45) is 5.73 Å². The van der Waals surface area contributed by atoms with Crippen molar-refractivity contribution in [2.75, 3.05) is 6.54 Å². The fraction of sp³-hybridized carbons (Fsp3) is 0.556. The molecule has 1 aromatic rings. The minimum atomic E-state index is -0.0965. The topological polar surface area (TPSA) is 51.8 Å². The fourth-order valence-corrected chi connectivity index (χ4v) is 1.22. The molecule has 4 heteroatoms. The van der Waals surface area contributed by atoms with Gasteiger partial charge in [0.05, 0.1) is 4.47 Å². The standard InChI is InChI=1S/C9H14BrN3/c1-3-9(2,6-11)8-12-4-7(10)5-13-8/h4-5H,3,6,11H2,1-2H3. The number of aromatic nitrogens is 2. The zero-order valence-corrected chi connectivity index (χ0v) is 9.50. The van der Waals surface area contributed by atoms with Crippen LogP contribution in [0.3, 0.4) is 0 Å². The van der Waals surface area contributed by atoms with Crippen LogP contribution in [0.4, 0.5) is 0 Å². The Morgan fingerprint density at radius 1 is 1.46 bits per heavy atom. The van der Waals surface area contributed by atoms with E-state index in [0.717, 1.165) is 16.7 Å². The van der Waals surface area contributed by atoms with Gasteiger partial charge in [-0.05, 0) is 22.4 Å². The van der Waals surface area contributed by atoms with Crippen LogP contribution in [0.25, 0.3) is 0 Å². The lowest BCUT2D eigenvalue weighted by Gasteiger charge is -2.23. The summed E-state index contributed by atoms with van der Waals surface area (Å²) in [6.45, 7) is 4.75. The molecule has 1 aromatic heterocycles. The summed E-state index contributed by atoms with van der Waals surface area (Å²) in [5.41, 5.74) is 5.60. The van der Waals surface area contributed by atoms with Crippen LogP contribution in [0.5, 0.6) is 0 Å². The van der Waals surface area contributed by atoms with E-state index >= 15 is 0 Å². The van der Waals surface area contributed by atoms with E-state index < -0.39 is 0 Å². The van der Waals surface area contributed by atoms with E-state index in [-0.39, 0.29) is 5.41 Å². The first-order valence-electron chi connectivity index (χ1n) is 4.30. The van der Waals surface area contributed by atoms with E-state index in [0.29, 0.717) is 6.54 Å². The zero-order valence-electron chi connectivity index (χ0n) is 7.92. The van der Waals surface area contributed by atoms with Gasteiger partial charge in [0.25, 0.3) is 0 Å². The number of rotatable bonds is 3. The smallest absolute Gasteiger partial charge is 0.135 e. The SMILES string of the molecule is CCC(C)(CN)c1ncc(Br)cn1. The van der Waals surface area contributed by atoms with Crippen molar-refractivity contribution in [3.63, 3.8) is 0 Å². The van der Waals surface area contributed by atoms with E-state index in [4.69, 9.17) is 5.73 Å². The van der Waals surface area contributed by atoms with Crippen LogP contribution in [-0.4, -0.2) is 16.5 Å². The van der Waals surface area contributed by atoms with Crippen LogP contribution in [0.15, 0.2) is 16.9 Å². The molecule has 0 bridgehead atoms. The molecule has 0 fully saturated rings. The lowest BCUT2D eigenvalue weighted by atomic mass is 9.87. The molecule has 0 aliphatic heterocycles. The fourth-order valence-electron chi connectivity index (χ4n) is 1.02. The second kappa shape index (κ2) is 4.15. The Bertz CT molecular complexity index is 267. The quantitative estimate of drug-likeness (QED) is 0.882. The molecule has 0 radical (unpaired) electrons. The largest absolute Gasteiger partial charge is 0.329 e. The van der Waals surface area contributed by atoms with Crippen LogP contribution in [0.1, 0.15) is 26.1 Å².